The maximum absolute atomic E-state index is 12.8. The third-order valence-electron chi connectivity index (χ3n) is 7.16. The van der Waals surface area contributed by atoms with Crippen LogP contribution in [0.15, 0.2) is 66.8 Å². The molecule has 0 spiro atoms. The molecule has 0 aliphatic heterocycles. The number of fused-ring (bicyclic) bond motifs is 1. The van der Waals surface area contributed by atoms with E-state index in [4.69, 9.17) is 4.98 Å². The van der Waals surface area contributed by atoms with Gasteiger partial charge in [0.25, 0.3) is 0 Å². The monoisotopic (exact) mass is 468 g/mol. The molecule has 35 heavy (non-hydrogen) atoms. The zero-order chi connectivity index (χ0) is 24.3. The maximum Gasteiger partial charge on any atom is 0.234 e. The van der Waals surface area contributed by atoms with Gasteiger partial charge in [-0.2, -0.15) is 0 Å². The van der Waals surface area contributed by atoms with Crippen molar-refractivity contribution in [3.63, 3.8) is 0 Å². The highest BCUT2D eigenvalue weighted by Gasteiger charge is 2.30. The molecular weight excluding hydrogens is 436 g/mol. The number of H-pyrrole nitrogens is 1. The van der Waals surface area contributed by atoms with Gasteiger partial charge in [0.15, 0.2) is 0 Å². The van der Waals surface area contributed by atoms with Crippen molar-refractivity contribution in [3.8, 4) is 11.4 Å². The van der Waals surface area contributed by atoms with Crippen molar-refractivity contribution in [2.75, 3.05) is 10.6 Å². The van der Waals surface area contributed by atoms with Crippen molar-refractivity contribution in [2.45, 2.75) is 51.9 Å². The molecule has 3 aromatic rings. The molecule has 2 aliphatic rings. The second-order valence-electron chi connectivity index (χ2n) is 9.94. The highest BCUT2D eigenvalue weighted by atomic mass is 16.2. The number of anilines is 2. The van der Waals surface area contributed by atoms with Gasteiger partial charge in [0.2, 0.25) is 11.8 Å². The average Bonchev–Trinajstić information content (AvgIpc) is 3.09. The Kier molecular flexibility index (Phi) is 6.53. The summed E-state index contributed by atoms with van der Waals surface area (Å²) in [6.45, 7) is 1.94. The minimum Gasteiger partial charge on any atom is -0.338 e. The fourth-order valence-corrected chi connectivity index (χ4v) is 4.89. The van der Waals surface area contributed by atoms with Gasteiger partial charge < -0.3 is 15.6 Å². The van der Waals surface area contributed by atoms with E-state index in [2.05, 4.69) is 15.6 Å². The van der Waals surface area contributed by atoms with Gasteiger partial charge in [-0.3, -0.25) is 9.59 Å². The van der Waals surface area contributed by atoms with Crippen LogP contribution in [0.5, 0.6) is 0 Å². The molecule has 0 bridgehead atoms. The zero-order valence-corrected chi connectivity index (χ0v) is 20.1. The summed E-state index contributed by atoms with van der Waals surface area (Å²) >= 11 is 0. The fraction of sp³-hybridized carbons (Fsp3) is 0.345. The molecule has 5 rings (SSSR count). The quantitative estimate of drug-likeness (QED) is 0.369. The lowest BCUT2D eigenvalue weighted by Crippen LogP contribution is -2.32. The lowest BCUT2D eigenvalue weighted by Gasteiger charge is -2.25. The predicted octanol–water partition coefficient (Wildman–Crippen LogP) is 6.60. The Morgan fingerprint density at radius 2 is 1.69 bits per heavy atom. The lowest BCUT2D eigenvalue weighted by atomic mass is 9.83. The van der Waals surface area contributed by atoms with E-state index in [-0.39, 0.29) is 17.7 Å². The Morgan fingerprint density at radius 1 is 0.943 bits per heavy atom. The van der Waals surface area contributed by atoms with Crippen molar-refractivity contribution in [3.05, 3.63) is 66.8 Å². The number of nitrogens with zero attached hydrogens (tertiary/aromatic N) is 1. The fourth-order valence-electron chi connectivity index (χ4n) is 4.89. The number of hydrogen-bond donors (Lipinski definition) is 3. The van der Waals surface area contributed by atoms with Gasteiger partial charge in [-0.05, 0) is 68.7 Å². The van der Waals surface area contributed by atoms with Crippen LogP contribution in [0.1, 0.15) is 51.9 Å². The first-order chi connectivity index (χ1) is 17.0. The van der Waals surface area contributed by atoms with Crippen molar-refractivity contribution in [2.24, 2.45) is 11.3 Å². The minimum absolute atomic E-state index is 0.0290. The summed E-state index contributed by atoms with van der Waals surface area (Å²) < 4.78 is 0. The van der Waals surface area contributed by atoms with Crippen LogP contribution in [0.3, 0.4) is 0 Å². The first kappa shape index (κ1) is 23.1. The molecule has 3 N–H and O–H groups in total. The molecule has 0 saturated heterocycles. The summed E-state index contributed by atoms with van der Waals surface area (Å²) in [4.78, 5) is 33.5. The highest BCUT2D eigenvalue weighted by Crippen LogP contribution is 2.30. The molecule has 1 fully saturated rings. The van der Waals surface area contributed by atoms with Gasteiger partial charge in [-0.1, -0.05) is 50.0 Å². The number of rotatable bonds is 5. The molecule has 1 heterocycles. The highest BCUT2D eigenvalue weighted by molar-refractivity contribution is 5.98. The summed E-state index contributed by atoms with van der Waals surface area (Å²) in [5.74, 6) is 0.970. The Labute approximate surface area is 205 Å². The van der Waals surface area contributed by atoms with Gasteiger partial charge >= 0.3 is 0 Å². The number of imidazole rings is 1. The van der Waals surface area contributed by atoms with Crippen LogP contribution in [-0.4, -0.2) is 21.8 Å². The van der Waals surface area contributed by atoms with E-state index in [0.717, 1.165) is 59.5 Å². The normalized spacial score (nSPS) is 20.5. The van der Waals surface area contributed by atoms with E-state index in [1.54, 1.807) is 0 Å². The second kappa shape index (κ2) is 9.90. The molecule has 1 unspecified atom stereocenters. The number of carbonyl (C=O) groups is 2. The number of aromatic nitrogens is 2. The van der Waals surface area contributed by atoms with E-state index in [1.807, 2.05) is 73.7 Å². The number of carbonyl (C=O) groups excluding carboxylic acids is 2. The van der Waals surface area contributed by atoms with E-state index >= 15 is 0 Å². The van der Waals surface area contributed by atoms with E-state index < -0.39 is 5.41 Å². The van der Waals surface area contributed by atoms with Crippen LogP contribution < -0.4 is 10.6 Å². The number of aromatic amines is 1. The molecule has 180 valence electrons. The second-order valence-corrected chi connectivity index (χ2v) is 9.94. The topological polar surface area (TPSA) is 86.9 Å². The van der Waals surface area contributed by atoms with Crippen molar-refractivity contribution in [1.29, 1.82) is 0 Å². The molecule has 1 saturated carbocycles. The molecule has 2 aromatic carbocycles. The summed E-state index contributed by atoms with van der Waals surface area (Å²) in [7, 11) is 0. The van der Waals surface area contributed by atoms with Crippen LogP contribution in [0.25, 0.3) is 22.4 Å². The SMILES string of the molecule is CC1(C(=O)Nc2ccc3nc(-c4ccc(NC(=O)C5CCCCCC5)cc4)[nH]c3c2)C=CC=CC1. The summed E-state index contributed by atoms with van der Waals surface area (Å²) in [5, 5.41) is 6.12. The third kappa shape index (κ3) is 5.21. The number of amides is 2. The average molecular weight is 469 g/mol. The number of nitrogens with one attached hydrogen (secondary N) is 3. The molecule has 0 radical (unpaired) electrons. The summed E-state index contributed by atoms with van der Waals surface area (Å²) in [5.41, 5.74) is 3.62. The largest absolute Gasteiger partial charge is 0.338 e. The predicted molar refractivity (Wildman–Crippen MR) is 141 cm³/mol. The summed E-state index contributed by atoms with van der Waals surface area (Å²) in [6.07, 6.45) is 15.2. The van der Waals surface area contributed by atoms with Crippen molar-refractivity contribution >= 4 is 34.2 Å². The molecular formula is C29H32N4O2. The zero-order valence-electron chi connectivity index (χ0n) is 20.1. The molecule has 6 heteroatoms. The van der Waals surface area contributed by atoms with Gasteiger partial charge in [-0.25, -0.2) is 4.98 Å². The lowest BCUT2D eigenvalue weighted by molar-refractivity contribution is -0.122. The number of hydrogen-bond acceptors (Lipinski definition) is 3. The molecule has 1 atom stereocenters. The van der Waals surface area contributed by atoms with Crippen LogP contribution in [0.2, 0.25) is 0 Å². The standard InChI is InChI=1S/C29H32N4O2/c1-29(17-7-4-8-18-29)28(35)31-23-15-16-24-25(19-23)33-26(32-24)20-11-13-22(14-12-20)30-27(34)21-9-5-2-3-6-10-21/h4,7-8,11-17,19,21H,2-3,5-6,9-10,18H2,1H3,(H,30,34)(H,31,35)(H,32,33). The first-order valence-corrected chi connectivity index (χ1v) is 12.6. The van der Waals surface area contributed by atoms with Gasteiger partial charge in [0.1, 0.15) is 5.82 Å². The molecule has 6 nitrogen and oxygen atoms in total. The Bertz CT molecular complexity index is 1280. The van der Waals surface area contributed by atoms with Crippen molar-refractivity contribution in [1.82, 2.24) is 9.97 Å². The van der Waals surface area contributed by atoms with Crippen molar-refractivity contribution < 1.29 is 9.59 Å². The first-order valence-electron chi connectivity index (χ1n) is 12.6. The Morgan fingerprint density at radius 3 is 2.40 bits per heavy atom. The molecule has 2 amide bonds. The smallest absolute Gasteiger partial charge is 0.234 e. The third-order valence-corrected chi connectivity index (χ3v) is 7.16. The van der Waals surface area contributed by atoms with E-state index in [9.17, 15) is 9.59 Å². The van der Waals surface area contributed by atoms with Gasteiger partial charge in [-0.15, -0.1) is 0 Å². The van der Waals surface area contributed by atoms with Gasteiger partial charge in [0, 0.05) is 22.9 Å². The Hall–Kier alpha value is -3.67. The Balaban J connectivity index is 1.27. The number of benzene rings is 2. The van der Waals surface area contributed by atoms with E-state index in [1.165, 1.54) is 12.8 Å². The van der Waals surface area contributed by atoms with Gasteiger partial charge in [0.05, 0.1) is 16.4 Å². The molecule has 1 aromatic heterocycles. The van der Waals surface area contributed by atoms with E-state index in [0.29, 0.717) is 6.42 Å². The maximum atomic E-state index is 12.8. The van der Waals surface area contributed by atoms with Crippen LogP contribution >= 0.6 is 0 Å². The number of allylic oxidation sites excluding steroid dienone is 3. The molecule has 2 aliphatic carbocycles. The van der Waals surface area contributed by atoms with Crippen LogP contribution in [0.4, 0.5) is 11.4 Å². The van der Waals surface area contributed by atoms with Crippen LogP contribution in [-0.2, 0) is 9.59 Å². The minimum atomic E-state index is -0.545. The van der Waals surface area contributed by atoms with Crippen LogP contribution in [0, 0.1) is 11.3 Å². The summed E-state index contributed by atoms with van der Waals surface area (Å²) in [6, 6.07) is 13.5.